The van der Waals surface area contributed by atoms with Gasteiger partial charge in [-0.25, -0.2) is 4.79 Å². The van der Waals surface area contributed by atoms with Crippen molar-refractivity contribution in [3.63, 3.8) is 0 Å². The van der Waals surface area contributed by atoms with Crippen LogP contribution >= 0.6 is 15.9 Å². The lowest BCUT2D eigenvalue weighted by atomic mass is 10.1. The van der Waals surface area contributed by atoms with Crippen molar-refractivity contribution in [2.45, 2.75) is 6.54 Å². The number of pyridine rings is 1. The van der Waals surface area contributed by atoms with Gasteiger partial charge in [-0.1, -0.05) is 34.1 Å². The fraction of sp³-hybridized carbons (Fsp3) is 0.143. The van der Waals surface area contributed by atoms with Gasteiger partial charge in [-0.05, 0) is 29.3 Å². The van der Waals surface area contributed by atoms with E-state index in [-0.39, 0.29) is 5.56 Å². The van der Waals surface area contributed by atoms with E-state index in [1.165, 1.54) is 11.6 Å². The van der Waals surface area contributed by atoms with E-state index < -0.39 is 5.69 Å². The molecule has 0 spiro atoms. The minimum Gasteiger partial charge on any atom is -0.305 e. The molecule has 0 N–H and O–H groups in total. The summed E-state index contributed by atoms with van der Waals surface area (Å²) < 4.78 is 7.29. The molecule has 0 aliphatic carbocycles. The first-order chi connectivity index (χ1) is 14.5. The summed E-state index contributed by atoms with van der Waals surface area (Å²) in [7, 11) is 3.10. The van der Waals surface area contributed by atoms with Gasteiger partial charge in [-0.3, -0.25) is 23.3 Å². The summed E-state index contributed by atoms with van der Waals surface area (Å²) in [5.41, 5.74) is 2.86. The number of fused-ring (bicyclic) bond motifs is 3. The fourth-order valence-electron chi connectivity index (χ4n) is 3.70. The van der Waals surface area contributed by atoms with Crippen molar-refractivity contribution < 1.29 is 0 Å². The molecule has 1 aromatic carbocycles. The Balaban J connectivity index is 1.87. The van der Waals surface area contributed by atoms with Crippen molar-refractivity contribution >= 4 is 32.9 Å². The topological polar surface area (TPSA) is 79.1 Å². The summed E-state index contributed by atoms with van der Waals surface area (Å²) in [6, 6.07) is 11.8. The maximum absolute atomic E-state index is 12.9. The molecule has 30 heavy (non-hydrogen) atoms. The lowest BCUT2D eigenvalue weighted by Crippen LogP contribution is -2.37. The maximum Gasteiger partial charge on any atom is 0.332 e. The van der Waals surface area contributed by atoms with E-state index in [2.05, 4.69) is 25.9 Å². The number of halogens is 1. The van der Waals surface area contributed by atoms with Gasteiger partial charge in [0.2, 0.25) is 5.78 Å². The SMILES string of the molecule is Cn1c(=O)c2c(nc3n(Cc4cccnc4)c(-c4ccc(Br)cc4)cn23)n(C)c1=O. The summed E-state index contributed by atoms with van der Waals surface area (Å²) in [5, 5.41) is 0. The average molecular weight is 465 g/mol. The van der Waals surface area contributed by atoms with E-state index in [9.17, 15) is 9.59 Å². The second-order valence-electron chi connectivity index (χ2n) is 7.13. The van der Waals surface area contributed by atoms with Crippen LogP contribution in [0.15, 0.2) is 69.1 Å². The summed E-state index contributed by atoms with van der Waals surface area (Å²) in [4.78, 5) is 34.1. The molecular formula is C21H17BrN6O2. The molecule has 0 unspecified atom stereocenters. The molecule has 150 valence electrons. The second-order valence-corrected chi connectivity index (χ2v) is 8.04. The number of aromatic nitrogens is 6. The molecule has 5 rings (SSSR count). The molecule has 0 saturated carbocycles. The lowest BCUT2D eigenvalue weighted by molar-refractivity contribution is 0.707. The molecule has 0 radical (unpaired) electrons. The predicted octanol–water partition coefficient (Wildman–Crippen LogP) is 2.56. The van der Waals surface area contributed by atoms with Crippen LogP contribution in [0, 0.1) is 0 Å². The van der Waals surface area contributed by atoms with Crippen LogP contribution in [-0.2, 0) is 20.6 Å². The minimum absolute atomic E-state index is 0.361. The molecule has 4 heterocycles. The van der Waals surface area contributed by atoms with Crippen molar-refractivity contribution in [2.24, 2.45) is 14.1 Å². The van der Waals surface area contributed by atoms with Crippen LogP contribution < -0.4 is 11.2 Å². The van der Waals surface area contributed by atoms with Crippen molar-refractivity contribution in [3.8, 4) is 11.3 Å². The molecule has 8 nitrogen and oxygen atoms in total. The van der Waals surface area contributed by atoms with Gasteiger partial charge in [0.1, 0.15) is 0 Å². The molecule has 4 aromatic heterocycles. The van der Waals surface area contributed by atoms with Gasteiger partial charge >= 0.3 is 5.69 Å². The van der Waals surface area contributed by atoms with Crippen LogP contribution in [0.1, 0.15) is 5.56 Å². The highest BCUT2D eigenvalue weighted by molar-refractivity contribution is 9.10. The zero-order valence-corrected chi connectivity index (χ0v) is 17.9. The molecule has 0 saturated heterocycles. The number of rotatable bonds is 3. The standard InChI is InChI=1S/C21H17BrN6O2/c1-25-18-17(19(29)26(2)21(25)30)28-12-16(14-5-7-15(22)8-6-14)27(20(28)24-18)11-13-4-3-9-23-10-13/h3-10,12H,11H2,1-2H3. The molecule has 0 fully saturated rings. The Hall–Kier alpha value is -3.46. The summed E-state index contributed by atoms with van der Waals surface area (Å²) >= 11 is 3.47. The Morgan fingerprint density at radius 2 is 1.80 bits per heavy atom. The highest BCUT2D eigenvalue weighted by Gasteiger charge is 2.21. The third-order valence-corrected chi connectivity index (χ3v) is 5.79. The van der Waals surface area contributed by atoms with Gasteiger partial charge in [-0.15, -0.1) is 0 Å². The summed E-state index contributed by atoms with van der Waals surface area (Å²) in [6.07, 6.45) is 5.43. The Morgan fingerprint density at radius 3 is 2.50 bits per heavy atom. The first-order valence-corrected chi connectivity index (χ1v) is 10.1. The lowest BCUT2D eigenvalue weighted by Gasteiger charge is -2.09. The third kappa shape index (κ3) is 2.73. The third-order valence-electron chi connectivity index (χ3n) is 5.26. The van der Waals surface area contributed by atoms with Crippen molar-refractivity contribution in [3.05, 3.63) is 85.9 Å². The Bertz CT molecular complexity index is 1520. The first-order valence-electron chi connectivity index (χ1n) is 9.28. The molecule has 5 aromatic rings. The largest absolute Gasteiger partial charge is 0.332 e. The quantitative estimate of drug-likeness (QED) is 0.411. The monoisotopic (exact) mass is 464 g/mol. The Kier molecular flexibility index (Phi) is 4.21. The normalized spacial score (nSPS) is 11.6. The molecule has 0 amide bonds. The fourth-order valence-corrected chi connectivity index (χ4v) is 3.96. The average Bonchev–Trinajstić information content (AvgIpc) is 3.29. The van der Waals surface area contributed by atoms with Crippen LogP contribution in [-0.4, -0.2) is 28.1 Å². The molecule has 0 atom stereocenters. The molecule has 0 aliphatic heterocycles. The zero-order valence-electron chi connectivity index (χ0n) is 16.3. The minimum atomic E-state index is -0.403. The van der Waals surface area contributed by atoms with Gasteiger partial charge in [0.05, 0.1) is 12.2 Å². The Labute approximate surface area is 178 Å². The predicted molar refractivity (Wildman–Crippen MR) is 118 cm³/mol. The van der Waals surface area contributed by atoms with Gasteiger partial charge < -0.3 is 4.57 Å². The van der Waals surface area contributed by atoms with Gasteiger partial charge in [-0.2, -0.15) is 4.98 Å². The van der Waals surface area contributed by atoms with Gasteiger partial charge in [0.15, 0.2) is 11.2 Å². The Morgan fingerprint density at radius 1 is 1.03 bits per heavy atom. The van der Waals surface area contributed by atoms with Crippen molar-refractivity contribution in [1.29, 1.82) is 0 Å². The van der Waals surface area contributed by atoms with E-state index in [1.807, 2.05) is 47.2 Å². The van der Waals surface area contributed by atoms with E-state index in [0.717, 1.165) is 25.9 Å². The molecule has 0 aliphatic rings. The maximum atomic E-state index is 12.9. The molecular weight excluding hydrogens is 448 g/mol. The number of hydrogen-bond donors (Lipinski definition) is 0. The van der Waals surface area contributed by atoms with Crippen LogP contribution in [0.5, 0.6) is 0 Å². The number of nitrogens with zero attached hydrogens (tertiary/aromatic N) is 6. The van der Waals surface area contributed by atoms with Crippen LogP contribution in [0.2, 0.25) is 0 Å². The zero-order chi connectivity index (χ0) is 21.0. The number of aryl methyl sites for hydroxylation is 1. The highest BCUT2D eigenvalue weighted by Crippen LogP contribution is 2.27. The van der Waals surface area contributed by atoms with E-state index in [0.29, 0.717) is 23.5 Å². The van der Waals surface area contributed by atoms with Crippen LogP contribution in [0.4, 0.5) is 0 Å². The summed E-state index contributed by atoms with van der Waals surface area (Å²) in [5.74, 6) is 0.588. The molecule has 9 heteroatoms. The first kappa shape index (κ1) is 18.6. The van der Waals surface area contributed by atoms with Crippen LogP contribution in [0.3, 0.4) is 0 Å². The number of imidazole rings is 2. The van der Waals surface area contributed by atoms with Crippen molar-refractivity contribution in [2.75, 3.05) is 0 Å². The van der Waals surface area contributed by atoms with E-state index in [4.69, 9.17) is 0 Å². The highest BCUT2D eigenvalue weighted by atomic mass is 79.9. The van der Waals surface area contributed by atoms with E-state index >= 15 is 0 Å². The number of benzene rings is 1. The van der Waals surface area contributed by atoms with Crippen LogP contribution in [0.25, 0.3) is 28.2 Å². The van der Waals surface area contributed by atoms with Crippen molar-refractivity contribution in [1.82, 2.24) is 28.1 Å². The molecule has 0 bridgehead atoms. The van der Waals surface area contributed by atoms with E-state index in [1.54, 1.807) is 23.8 Å². The van der Waals surface area contributed by atoms with Gasteiger partial charge in [0, 0.05) is 37.2 Å². The smallest absolute Gasteiger partial charge is 0.305 e. The summed E-state index contributed by atoms with van der Waals surface area (Å²) in [6.45, 7) is 0.521. The van der Waals surface area contributed by atoms with Gasteiger partial charge in [0.25, 0.3) is 5.56 Å². The second kappa shape index (κ2) is 6.81. The number of hydrogen-bond acceptors (Lipinski definition) is 4.